The Kier molecular flexibility index (Phi) is 7.19. The molecule has 3 N–H and O–H groups in total. The van der Waals surface area contributed by atoms with Crippen molar-refractivity contribution in [2.45, 2.75) is 44.0 Å². The lowest BCUT2D eigenvalue weighted by Crippen LogP contribution is -2.52. The highest BCUT2D eigenvalue weighted by molar-refractivity contribution is 7.89. The van der Waals surface area contributed by atoms with Gasteiger partial charge in [-0.2, -0.15) is 0 Å². The van der Waals surface area contributed by atoms with Gasteiger partial charge in [0.15, 0.2) is 5.11 Å². The summed E-state index contributed by atoms with van der Waals surface area (Å²) in [6.07, 6.45) is 3.43. The van der Waals surface area contributed by atoms with Crippen LogP contribution >= 0.6 is 12.2 Å². The molecule has 150 valence electrons. The minimum absolute atomic E-state index is 0.0610. The number of carbonyl (C=O) groups is 1. The van der Waals surface area contributed by atoms with Gasteiger partial charge in [0, 0.05) is 25.7 Å². The van der Waals surface area contributed by atoms with E-state index in [0.717, 1.165) is 17.1 Å². The summed E-state index contributed by atoms with van der Waals surface area (Å²) in [6, 6.07) is 6.16. The summed E-state index contributed by atoms with van der Waals surface area (Å²) in [5.41, 5.74) is 5.46. The van der Waals surface area contributed by atoms with Gasteiger partial charge in [-0.3, -0.25) is 15.6 Å². The number of hydrazine groups is 1. The monoisotopic (exact) mass is 412 g/mol. The third-order valence-corrected chi connectivity index (χ3v) is 7.22. The van der Waals surface area contributed by atoms with Gasteiger partial charge in [0.1, 0.15) is 0 Å². The second-order valence-electron chi connectivity index (χ2n) is 7.24. The third kappa shape index (κ3) is 5.40. The number of nitrogens with one attached hydrogen (secondary N) is 3. The Morgan fingerprint density at radius 3 is 2.56 bits per heavy atom. The number of hydrogen-bond donors (Lipinski definition) is 3. The molecule has 3 atom stereocenters. The van der Waals surface area contributed by atoms with Crippen molar-refractivity contribution in [3.63, 3.8) is 0 Å². The van der Waals surface area contributed by atoms with Gasteiger partial charge >= 0.3 is 0 Å². The Bertz CT molecular complexity index is 796. The van der Waals surface area contributed by atoms with Crippen LogP contribution in [0.1, 0.15) is 43.5 Å². The molecule has 1 amide bonds. The SMILES string of the molecule is C[C@@H]1[C@H](C)CCC[C@@H]1NC(=S)NNC(=O)c1cccc(S(=O)(=O)N(C)C)c1. The molecule has 0 saturated heterocycles. The van der Waals surface area contributed by atoms with Crippen LogP contribution in [0.5, 0.6) is 0 Å². The summed E-state index contributed by atoms with van der Waals surface area (Å²) >= 11 is 5.27. The molecule has 1 aromatic rings. The number of rotatable bonds is 4. The van der Waals surface area contributed by atoms with E-state index in [1.54, 1.807) is 6.07 Å². The highest BCUT2D eigenvalue weighted by Crippen LogP contribution is 2.29. The van der Waals surface area contributed by atoms with E-state index in [4.69, 9.17) is 12.2 Å². The van der Waals surface area contributed by atoms with Crippen LogP contribution in [0.4, 0.5) is 0 Å². The zero-order valence-corrected chi connectivity index (χ0v) is 17.8. The van der Waals surface area contributed by atoms with E-state index in [-0.39, 0.29) is 16.5 Å². The van der Waals surface area contributed by atoms with E-state index in [1.807, 2.05) is 0 Å². The summed E-state index contributed by atoms with van der Waals surface area (Å²) in [6.45, 7) is 4.45. The molecule has 0 radical (unpaired) electrons. The lowest BCUT2D eigenvalue weighted by molar-refractivity contribution is 0.0943. The Morgan fingerprint density at radius 2 is 1.89 bits per heavy atom. The van der Waals surface area contributed by atoms with Crippen LogP contribution in [0.3, 0.4) is 0 Å². The molecule has 0 aliphatic heterocycles. The quantitative estimate of drug-likeness (QED) is 0.517. The molecule has 1 fully saturated rings. The van der Waals surface area contributed by atoms with Gasteiger partial charge in [0.05, 0.1) is 4.90 Å². The Balaban J connectivity index is 1.95. The first-order valence-electron chi connectivity index (χ1n) is 9.02. The molecule has 0 unspecified atom stereocenters. The van der Waals surface area contributed by atoms with Gasteiger partial charge in [-0.15, -0.1) is 0 Å². The fourth-order valence-corrected chi connectivity index (χ4v) is 4.33. The number of thiocarbonyl (C=S) groups is 1. The number of carbonyl (C=O) groups excluding carboxylic acids is 1. The molecule has 7 nitrogen and oxygen atoms in total. The summed E-state index contributed by atoms with van der Waals surface area (Å²) in [4.78, 5) is 12.4. The molecule has 9 heteroatoms. The maximum Gasteiger partial charge on any atom is 0.269 e. The van der Waals surface area contributed by atoms with Crippen molar-refractivity contribution in [3.8, 4) is 0 Å². The lowest BCUT2D eigenvalue weighted by atomic mass is 9.78. The zero-order chi connectivity index (χ0) is 20.2. The minimum atomic E-state index is -3.60. The third-order valence-electron chi connectivity index (χ3n) is 5.19. The second kappa shape index (κ2) is 8.99. The summed E-state index contributed by atoms with van der Waals surface area (Å²) in [5.74, 6) is 0.678. The van der Waals surface area contributed by atoms with E-state index in [9.17, 15) is 13.2 Å². The smallest absolute Gasteiger partial charge is 0.269 e. The van der Waals surface area contributed by atoms with Crippen LogP contribution in [-0.4, -0.2) is 43.9 Å². The lowest BCUT2D eigenvalue weighted by Gasteiger charge is -2.35. The van der Waals surface area contributed by atoms with E-state index >= 15 is 0 Å². The zero-order valence-electron chi connectivity index (χ0n) is 16.2. The van der Waals surface area contributed by atoms with Crippen LogP contribution in [-0.2, 0) is 10.0 Å². The average Bonchev–Trinajstić information content (AvgIpc) is 2.63. The Labute approximate surface area is 166 Å². The van der Waals surface area contributed by atoms with Gasteiger partial charge in [-0.25, -0.2) is 12.7 Å². The molecule has 1 aliphatic rings. The molecular formula is C18H28N4O3S2. The van der Waals surface area contributed by atoms with Gasteiger partial charge < -0.3 is 5.32 Å². The van der Waals surface area contributed by atoms with Gasteiger partial charge in [0.2, 0.25) is 10.0 Å². The van der Waals surface area contributed by atoms with Crippen LogP contribution < -0.4 is 16.2 Å². The Hall–Kier alpha value is -1.71. The molecule has 0 heterocycles. The molecule has 0 bridgehead atoms. The molecule has 1 saturated carbocycles. The largest absolute Gasteiger partial charge is 0.358 e. The van der Waals surface area contributed by atoms with Crippen molar-refractivity contribution in [2.24, 2.45) is 11.8 Å². The number of sulfonamides is 1. The maximum atomic E-state index is 12.3. The van der Waals surface area contributed by atoms with E-state index in [1.165, 1.54) is 38.7 Å². The van der Waals surface area contributed by atoms with Crippen molar-refractivity contribution >= 4 is 33.3 Å². The van der Waals surface area contributed by atoms with Crippen molar-refractivity contribution < 1.29 is 13.2 Å². The average molecular weight is 413 g/mol. The van der Waals surface area contributed by atoms with Crippen molar-refractivity contribution in [2.75, 3.05) is 14.1 Å². The first-order valence-corrected chi connectivity index (χ1v) is 10.9. The summed E-state index contributed by atoms with van der Waals surface area (Å²) in [7, 11) is -0.709. The number of hydrogen-bond acceptors (Lipinski definition) is 4. The van der Waals surface area contributed by atoms with Crippen LogP contribution in [0, 0.1) is 11.8 Å². The second-order valence-corrected chi connectivity index (χ2v) is 9.80. The molecule has 0 aromatic heterocycles. The minimum Gasteiger partial charge on any atom is -0.358 e. The summed E-state index contributed by atoms with van der Waals surface area (Å²) in [5, 5.41) is 3.61. The normalized spacial score (nSPS) is 22.9. The van der Waals surface area contributed by atoms with E-state index < -0.39 is 15.9 Å². The number of nitrogens with zero attached hydrogens (tertiary/aromatic N) is 1. The van der Waals surface area contributed by atoms with Gasteiger partial charge in [-0.05, 0) is 48.7 Å². The predicted molar refractivity (Wildman–Crippen MR) is 110 cm³/mol. The van der Waals surface area contributed by atoms with Crippen LogP contribution in [0.15, 0.2) is 29.2 Å². The number of amides is 1. The van der Waals surface area contributed by atoms with E-state index in [0.29, 0.717) is 16.9 Å². The fraction of sp³-hybridized carbons (Fsp3) is 0.556. The van der Waals surface area contributed by atoms with Crippen molar-refractivity contribution in [1.82, 2.24) is 20.5 Å². The Morgan fingerprint density at radius 1 is 1.19 bits per heavy atom. The maximum absolute atomic E-state index is 12.3. The van der Waals surface area contributed by atoms with Crippen LogP contribution in [0.25, 0.3) is 0 Å². The topological polar surface area (TPSA) is 90.5 Å². The van der Waals surface area contributed by atoms with E-state index in [2.05, 4.69) is 30.0 Å². The molecule has 1 aliphatic carbocycles. The fourth-order valence-electron chi connectivity index (χ4n) is 3.18. The number of benzene rings is 1. The molecular weight excluding hydrogens is 384 g/mol. The first kappa shape index (κ1) is 21.6. The summed E-state index contributed by atoms with van der Waals surface area (Å²) < 4.78 is 25.5. The van der Waals surface area contributed by atoms with Crippen molar-refractivity contribution in [3.05, 3.63) is 29.8 Å². The standard InChI is InChI=1S/C18H28N4O3S2/c1-12-7-5-10-16(13(12)2)19-18(26)21-20-17(23)14-8-6-9-15(11-14)27(24,25)22(3)4/h6,8-9,11-13,16H,5,7,10H2,1-4H3,(H,20,23)(H2,19,21,26)/t12-,13-,16+/m1/s1. The highest BCUT2D eigenvalue weighted by Gasteiger charge is 2.27. The highest BCUT2D eigenvalue weighted by atomic mass is 32.2. The predicted octanol–water partition coefficient (Wildman–Crippen LogP) is 1.87. The molecule has 27 heavy (non-hydrogen) atoms. The molecule has 1 aromatic carbocycles. The molecule has 2 rings (SSSR count). The molecule has 0 spiro atoms. The van der Waals surface area contributed by atoms with Gasteiger partial charge in [-0.1, -0.05) is 32.8 Å². The van der Waals surface area contributed by atoms with Crippen molar-refractivity contribution in [1.29, 1.82) is 0 Å². The first-order chi connectivity index (χ1) is 12.6. The van der Waals surface area contributed by atoms with Crippen LogP contribution in [0.2, 0.25) is 0 Å². The van der Waals surface area contributed by atoms with Gasteiger partial charge in [0.25, 0.3) is 5.91 Å².